The predicted octanol–water partition coefficient (Wildman–Crippen LogP) is 2.66. The highest BCUT2D eigenvalue weighted by molar-refractivity contribution is 5.60. The summed E-state index contributed by atoms with van der Waals surface area (Å²) in [6.07, 6.45) is -3.71. The minimum absolute atomic E-state index is 0.0517. The van der Waals surface area contributed by atoms with Gasteiger partial charge in [-0.25, -0.2) is 4.68 Å². The molecular weight excluding hydrogens is 271 g/mol. The summed E-state index contributed by atoms with van der Waals surface area (Å²) in [6.45, 7) is 0.294. The third-order valence-electron chi connectivity index (χ3n) is 2.66. The lowest BCUT2D eigenvalue weighted by atomic mass is 10.1. The Balaban J connectivity index is 2.38. The van der Waals surface area contributed by atoms with Crippen LogP contribution in [0.5, 0.6) is 0 Å². The van der Waals surface area contributed by atoms with Crippen LogP contribution in [-0.2, 0) is 12.7 Å². The zero-order valence-corrected chi connectivity index (χ0v) is 10.3. The van der Waals surface area contributed by atoms with Crippen molar-refractivity contribution in [2.24, 2.45) is 0 Å². The van der Waals surface area contributed by atoms with Gasteiger partial charge in [0, 0.05) is 18.5 Å². The monoisotopic (exact) mass is 281 g/mol. The van der Waals surface area contributed by atoms with Crippen LogP contribution in [0.1, 0.15) is 18.4 Å². The number of hydrogen-bond donors (Lipinski definition) is 0. The standard InChI is InChI=1S/C12H10F3N5/c13-12(14,15)10-6-2-1-5-9(10)11-17-18-19-20(11)8-4-3-7-16/h1-2,5-6H,3-4,8H2. The van der Waals surface area contributed by atoms with Crippen LogP contribution in [0.15, 0.2) is 24.3 Å². The van der Waals surface area contributed by atoms with Crippen LogP contribution in [0.25, 0.3) is 11.4 Å². The topological polar surface area (TPSA) is 67.4 Å². The fourth-order valence-corrected chi connectivity index (χ4v) is 1.78. The van der Waals surface area contributed by atoms with Gasteiger partial charge in [-0.15, -0.1) is 5.10 Å². The van der Waals surface area contributed by atoms with E-state index < -0.39 is 11.7 Å². The average molecular weight is 281 g/mol. The van der Waals surface area contributed by atoms with Gasteiger partial charge in [-0.1, -0.05) is 18.2 Å². The highest BCUT2D eigenvalue weighted by Crippen LogP contribution is 2.35. The number of rotatable bonds is 4. The maximum absolute atomic E-state index is 13.0. The molecule has 0 aliphatic carbocycles. The van der Waals surface area contributed by atoms with E-state index in [0.717, 1.165) is 6.07 Å². The molecule has 0 spiro atoms. The molecule has 0 aliphatic heterocycles. The second-order valence-corrected chi connectivity index (χ2v) is 4.03. The van der Waals surface area contributed by atoms with E-state index in [1.54, 1.807) is 0 Å². The number of hydrogen-bond acceptors (Lipinski definition) is 4. The molecule has 0 saturated heterocycles. The van der Waals surface area contributed by atoms with Crippen molar-refractivity contribution in [3.8, 4) is 17.5 Å². The van der Waals surface area contributed by atoms with Crippen molar-refractivity contribution in [3.63, 3.8) is 0 Å². The number of unbranched alkanes of at least 4 members (excludes halogenated alkanes) is 1. The molecule has 0 amide bonds. The number of aryl methyl sites for hydroxylation is 1. The number of aromatic nitrogens is 4. The molecule has 0 saturated carbocycles. The Labute approximate surface area is 112 Å². The van der Waals surface area contributed by atoms with Crippen molar-refractivity contribution in [1.82, 2.24) is 20.2 Å². The van der Waals surface area contributed by atoms with Crippen molar-refractivity contribution in [3.05, 3.63) is 29.8 Å². The molecule has 1 heterocycles. The quantitative estimate of drug-likeness (QED) is 0.808. The summed E-state index contributed by atoms with van der Waals surface area (Å²) in [5.41, 5.74) is -0.849. The van der Waals surface area contributed by atoms with E-state index >= 15 is 0 Å². The molecule has 1 aromatic carbocycles. The number of alkyl halides is 3. The number of nitrogens with zero attached hydrogens (tertiary/aromatic N) is 5. The molecule has 0 N–H and O–H groups in total. The average Bonchev–Trinajstić information content (AvgIpc) is 2.86. The first-order valence-electron chi connectivity index (χ1n) is 5.83. The Morgan fingerprint density at radius 3 is 2.70 bits per heavy atom. The van der Waals surface area contributed by atoms with Gasteiger partial charge in [0.25, 0.3) is 0 Å². The van der Waals surface area contributed by atoms with Gasteiger partial charge in [0.05, 0.1) is 11.6 Å². The molecule has 0 aliphatic rings. The Morgan fingerprint density at radius 2 is 2.00 bits per heavy atom. The van der Waals surface area contributed by atoms with Crippen molar-refractivity contribution >= 4 is 0 Å². The first-order chi connectivity index (χ1) is 9.54. The van der Waals surface area contributed by atoms with Crippen molar-refractivity contribution in [1.29, 1.82) is 5.26 Å². The minimum Gasteiger partial charge on any atom is -0.225 e. The number of nitriles is 1. The van der Waals surface area contributed by atoms with E-state index in [1.165, 1.54) is 22.9 Å². The maximum atomic E-state index is 13.0. The summed E-state index contributed by atoms with van der Waals surface area (Å²) in [4.78, 5) is 0. The Bertz CT molecular complexity index is 627. The fourth-order valence-electron chi connectivity index (χ4n) is 1.78. The van der Waals surface area contributed by atoms with Crippen LogP contribution >= 0.6 is 0 Å². The third-order valence-corrected chi connectivity index (χ3v) is 2.66. The van der Waals surface area contributed by atoms with Crippen LogP contribution in [0.2, 0.25) is 0 Å². The summed E-state index contributed by atoms with van der Waals surface area (Å²) in [6, 6.07) is 7.10. The van der Waals surface area contributed by atoms with Gasteiger partial charge >= 0.3 is 6.18 Å². The molecular formula is C12H10F3N5. The van der Waals surface area contributed by atoms with Gasteiger partial charge in [-0.2, -0.15) is 18.4 Å². The lowest BCUT2D eigenvalue weighted by Crippen LogP contribution is -2.10. The number of benzene rings is 1. The molecule has 20 heavy (non-hydrogen) atoms. The van der Waals surface area contributed by atoms with Gasteiger partial charge in [-0.3, -0.25) is 0 Å². The molecule has 0 unspecified atom stereocenters. The van der Waals surface area contributed by atoms with E-state index in [9.17, 15) is 13.2 Å². The van der Waals surface area contributed by atoms with E-state index in [0.29, 0.717) is 19.4 Å². The van der Waals surface area contributed by atoms with E-state index in [2.05, 4.69) is 15.5 Å². The Morgan fingerprint density at radius 1 is 1.25 bits per heavy atom. The van der Waals surface area contributed by atoms with Crippen LogP contribution in [0, 0.1) is 11.3 Å². The summed E-state index contributed by atoms with van der Waals surface area (Å²) >= 11 is 0. The first kappa shape index (κ1) is 14.0. The van der Waals surface area contributed by atoms with Gasteiger partial charge in [-0.05, 0) is 22.9 Å². The van der Waals surface area contributed by atoms with Crippen molar-refractivity contribution in [2.75, 3.05) is 0 Å². The van der Waals surface area contributed by atoms with Crippen molar-refractivity contribution in [2.45, 2.75) is 25.6 Å². The van der Waals surface area contributed by atoms with Crippen LogP contribution in [0.4, 0.5) is 13.2 Å². The molecule has 104 valence electrons. The zero-order chi connectivity index (χ0) is 14.6. The highest BCUT2D eigenvalue weighted by atomic mass is 19.4. The van der Waals surface area contributed by atoms with Crippen molar-refractivity contribution < 1.29 is 13.2 Å². The highest BCUT2D eigenvalue weighted by Gasteiger charge is 2.34. The van der Waals surface area contributed by atoms with E-state index in [-0.39, 0.29) is 11.4 Å². The first-order valence-corrected chi connectivity index (χ1v) is 5.83. The molecule has 8 heteroatoms. The lowest BCUT2D eigenvalue weighted by molar-refractivity contribution is -0.137. The number of tetrazole rings is 1. The van der Waals surface area contributed by atoms with Gasteiger partial charge in [0.15, 0.2) is 5.82 Å². The fraction of sp³-hybridized carbons (Fsp3) is 0.333. The maximum Gasteiger partial charge on any atom is 0.417 e. The summed E-state index contributed by atoms with van der Waals surface area (Å²) < 4.78 is 40.2. The smallest absolute Gasteiger partial charge is 0.225 e. The molecule has 0 radical (unpaired) electrons. The SMILES string of the molecule is N#CCCCn1nnnc1-c1ccccc1C(F)(F)F. The summed E-state index contributed by atoms with van der Waals surface area (Å²) in [7, 11) is 0. The van der Waals surface area contributed by atoms with E-state index in [4.69, 9.17) is 5.26 Å². The Hall–Kier alpha value is -2.43. The van der Waals surface area contributed by atoms with Crippen LogP contribution < -0.4 is 0 Å². The molecule has 0 fully saturated rings. The van der Waals surface area contributed by atoms with Gasteiger partial charge in [0.2, 0.25) is 0 Å². The van der Waals surface area contributed by atoms with Crippen LogP contribution in [-0.4, -0.2) is 20.2 Å². The van der Waals surface area contributed by atoms with Gasteiger partial charge in [0.1, 0.15) is 0 Å². The molecule has 2 aromatic rings. The van der Waals surface area contributed by atoms with Crippen LogP contribution in [0.3, 0.4) is 0 Å². The predicted molar refractivity (Wildman–Crippen MR) is 63.1 cm³/mol. The molecule has 2 rings (SSSR count). The second-order valence-electron chi connectivity index (χ2n) is 4.03. The summed E-state index contributed by atoms with van der Waals surface area (Å²) in [5, 5.41) is 19.2. The minimum atomic E-state index is -4.47. The zero-order valence-electron chi connectivity index (χ0n) is 10.3. The second kappa shape index (κ2) is 5.69. The Kier molecular flexibility index (Phi) is 3.98. The van der Waals surface area contributed by atoms with Gasteiger partial charge < -0.3 is 0 Å². The summed E-state index contributed by atoms with van der Waals surface area (Å²) in [5.74, 6) is 0.0517. The number of halogens is 3. The lowest BCUT2D eigenvalue weighted by Gasteiger charge is -2.12. The molecule has 5 nitrogen and oxygen atoms in total. The molecule has 0 atom stereocenters. The van der Waals surface area contributed by atoms with E-state index in [1.807, 2.05) is 6.07 Å². The largest absolute Gasteiger partial charge is 0.417 e. The molecule has 0 bridgehead atoms. The molecule has 1 aromatic heterocycles. The third kappa shape index (κ3) is 2.93. The normalized spacial score (nSPS) is 11.3.